The Morgan fingerprint density at radius 2 is 2.24 bits per heavy atom. The van der Waals surface area contributed by atoms with Gasteiger partial charge in [-0.05, 0) is 5.92 Å². The van der Waals surface area contributed by atoms with Gasteiger partial charge in [-0.2, -0.15) is 5.10 Å². The van der Waals surface area contributed by atoms with Gasteiger partial charge in [0, 0.05) is 19.8 Å². The van der Waals surface area contributed by atoms with Crippen molar-refractivity contribution in [2.45, 2.75) is 13.8 Å². The van der Waals surface area contributed by atoms with Gasteiger partial charge in [0.1, 0.15) is 5.69 Å². The minimum Gasteiger partial charge on any atom is -0.360 e. The zero-order chi connectivity index (χ0) is 12.4. The maximum Gasteiger partial charge on any atom is 0.206 e. The molecular weight excluding hydrogens is 258 g/mol. The molecule has 2 aromatic rings. The lowest BCUT2D eigenvalue weighted by molar-refractivity contribution is 0.687. The number of hydrogen-bond acceptors (Lipinski definition) is 5. The summed E-state index contributed by atoms with van der Waals surface area (Å²) in [5.74, 6) is 0.570. The number of nitrogens with one attached hydrogen (secondary N) is 1. The van der Waals surface area contributed by atoms with Crippen molar-refractivity contribution in [3.63, 3.8) is 0 Å². The maximum absolute atomic E-state index is 6.05. The van der Waals surface area contributed by atoms with Crippen LogP contribution in [0.1, 0.15) is 13.8 Å². The number of aryl methyl sites for hydroxylation is 1. The van der Waals surface area contributed by atoms with E-state index in [2.05, 4.69) is 34.5 Å². The van der Waals surface area contributed by atoms with E-state index in [0.717, 1.165) is 16.7 Å². The lowest BCUT2D eigenvalue weighted by Gasteiger charge is -2.03. The van der Waals surface area contributed by atoms with Crippen LogP contribution in [0.25, 0.3) is 10.7 Å². The van der Waals surface area contributed by atoms with Crippen molar-refractivity contribution in [1.29, 1.82) is 0 Å². The second-order valence-corrected chi connectivity index (χ2v) is 5.57. The van der Waals surface area contributed by atoms with E-state index >= 15 is 0 Å². The Morgan fingerprint density at radius 1 is 1.47 bits per heavy atom. The number of nitrogens with zero attached hydrogens (tertiary/aromatic N) is 4. The molecule has 0 bridgehead atoms. The van der Waals surface area contributed by atoms with Crippen LogP contribution in [0, 0.1) is 5.92 Å². The molecule has 1 N–H and O–H groups in total. The van der Waals surface area contributed by atoms with E-state index in [1.807, 2.05) is 7.05 Å². The van der Waals surface area contributed by atoms with Crippen molar-refractivity contribution in [2.24, 2.45) is 13.0 Å². The Balaban J connectivity index is 2.15. The van der Waals surface area contributed by atoms with Crippen LogP contribution in [0.4, 0.5) is 5.13 Å². The number of rotatable bonds is 4. The molecule has 0 saturated carbocycles. The summed E-state index contributed by atoms with van der Waals surface area (Å²) in [5.41, 5.74) is 0.685. The second kappa shape index (κ2) is 5.01. The fourth-order valence-corrected chi connectivity index (χ4v) is 2.36. The molecule has 0 unspecified atom stereocenters. The van der Waals surface area contributed by atoms with Crippen LogP contribution in [-0.2, 0) is 7.05 Å². The molecule has 0 aromatic carbocycles. The molecule has 0 aliphatic heterocycles. The molecule has 2 rings (SSSR count). The first-order valence-electron chi connectivity index (χ1n) is 5.33. The Labute approximate surface area is 109 Å². The van der Waals surface area contributed by atoms with Gasteiger partial charge in [0.05, 0.1) is 5.02 Å². The van der Waals surface area contributed by atoms with E-state index in [1.54, 1.807) is 10.9 Å². The normalized spacial score (nSPS) is 11.1. The van der Waals surface area contributed by atoms with Crippen LogP contribution >= 0.6 is 22.9 Å². The first kappa shape index (κ1) is 12.3. The molecule has 0 atom stereocenters. The predicted molar refractivity (Wildman–Crippen MR) is 70.4 cm³/mol. The Kier molecular flexibility index (Phi) is 3.63. The van der Waals surface area contributed by atoms with E-state index in [-0.39, 0.29) is 0 Å². The van der Waals surface area contributed by atoms with Gasteiger partial charge in [-0.3, -0.25) is 4.68 Å². The molecule has 0 amide bonds. The van der Waals surface area contributed by atoms with E-state index < -0.39 is 0 Å². The summed E-state index contributed by atoms with van der Waals surface area (Å²) in [5, 5.41) is 17.8. The van der Waals surface area contributed by atoms with Crippen LogP contribution < -0.4 is 5.32 Å². The van der Waals surface area contributed by atoms with Crippen LogP contribution in [0.5, 0.6) is 0 Å². The van der Waals surface area contributed by atoms with Gasteiger partial charge < -0.3 is 5.32 Å². The largest absolute Gasteiger partial charge is 0.360 e. The molecule has 0 spiro atoms. The minimum absolute atomic E-state index is 0.570. The third-order valence-electron chi connectivity index (χ3n) is 2.07. The first-order valence-corrected chi connectivity index (χ1v) is 6.52. The molecule has 0 radical (unpaired) electrons. The lowest BCUT2D eigenvalue weighted by atomic mass is 10.2. The van der Waals surface area contributed by atoms with Gasteiger partial charge in [-0.15, -0.1) is 10.2 Å². The molecular formula is C10H14ClN5S. The van der Waals surface area contributed by atoms with Crippen LogP contribution in [-0.4, -0.2) is 26.5 Å². The molecule has 7 heteroatoms. The lowest BCUT2D eigenvalue weighted by Crippen LogP contribution is -2.07. The summed E-state index contributed by atoms with van der Waals surface area (Å²) in [6.45, 7) is 5.17. The fraction of sp³-hybridized carbons (Fsp3) is 0.500. The Morgan fingerprint density at radius 3 is 2.82 bits per heavy atom. The summed E-state index contributed by atoms with van der Waals surface area (Å²) >= 11 is 7.51. The highest BCUT2D eigenvalue weighted by Crippen LogP contribution is 2.30. The van der Waals surface area contributed by atoms with Crippen LogP contribution in [0.3, 0.4) is 0 Å². The van der Waals surface area contributed by atoms with Gasteiger partial charge in [0.25, 0.3) is 0 Å². The highest BCUT2D eigenvalue weighted by molar-refractivity contribution is 7.18. The molecule has 0 fully saturated rings. The smallest absolute Gasteiger partial charge is 0.206 e. The molecule has 5 nitrogen and oxygen atoms in total. The summed E-state index contributed by atoms with van der Waals surface area (Å²) in [6, 6.07) is 0. The SMILES string of the molecule is CC(C)CNc1nnc(-c2nn(C)cc2Cl)s1. The van der Waals surface area contributed by atoms with Crippen LogP contribution in [0.15, 0.2) is 6.20 Å². The molecule has 92 valence electrons. The molecule has 0 saturated heterocycles. The van der Waals surface area contributed by atoms with Gasteiger partial charge in [0.15, 0.2) is 5.01 Å². The number of aromatic nitrogens is 4. The summed E-state index contributed by atoms with van der Waals surface area (Å²) < 4.78 is 1.67. The number of hydrogen-bond donors (Lipinski definition) is 1. The summed E-state index contributed by atoms with van der Waals surface area (Å²) in [7, 11) is 1.83. The van der Waals surface area contributed by atoms with Crippen molar-refractivity contribution in [3.8, 4) is 10.7 Å². The Bertz CT molecular complexity index is 505. The number of anilines is 1. The van der Waals surface area contributed by atoms with E-state index in [0.29, 0.717) is 16.6 Å². The summed E-state index contributed by atoms with van der Waals surface area (Å²) in [6.07, 6.45) is 1.75. The number of halogens is 1. The third kappa shape index (κ3) is 2.95. The minimum atomic E-state index is 0.570. The maximum atomic E-state index is 6.05. The van der Waals surface area contributed by atoms with Gasteiger partial charge >= 0.3 is 0 Å². The van der Waals surface area contributed by atoms with E-state index in [1.165, 1.54) is 11.3 Å². The molecule has 0 aliphatic carbocycles. The standard InChI is InChI=1S/C10H14ClN5S/c1-6(2)4-12-10-14-13-9(17-10)8-7(11)5-16(3)15-8/h5-6H,4H2,1-3H3,(H,12,14). The van der Waals surface area contributed by atoms with Crippen molar-refractivity contribution in [1.82, 2.24) is 20.0 Å². The quantitative estimate of drug-likeness (QED) is 0.929. The highest BCUT2D eigenvalue weighted by atomic mass is 35.5. The second-order valence-electron chi connectivity index (χ2n) is 4.19. The van der Waals surface area contributed by atoms with Crippen molar-refractivity contribution in [3.05, 3.63) is 11.2 Å². The molecule has 2 heterocycles. The van der Waals surface area contributed by atoms with E-state index in [4.69, 9.17) is 11.6 Å². The monoisotopic (exact) mass is 271 g/mol. The highest BCUT2D eigenvalue weighted by Gasteiger charge is 2.13. The zero-order valence-corrected chi connectivity index (χ0v) is 11.5. The topological polar surface area (TPSA) is 55.6 Å². The predicted octanol–water partition coefficient (Wildman–Crippen LogP) is 2.66. The molecule has 17 heavy (non-hydrogen) atoms. The van der Waals surface area contributed by atoms with E-state index in [9.17, 15) is 0 Å². The van der Waals surface area contributed by atoms with Crippen molar-refractivity contribution >= 4 is 28.1 Å². The average Bonchev–Trinajstić information content (AvgIpc) is 2.82. The van der Waals surface area contributed by atoms with Gasteiger partial charge in [0.2, 0.25) is 5.13 Å². The zero-order valence-electron chi connectivity index (χ0n) is 9.94. The fourth-order valence-electron chi connectivity index (χ4n) is 1.29. The Hall–Kier alpha value is -1.14. The van der Waals surface area contributed by atoms with Crippen molar-refractivity contribution in [2.75, 3.05) is 11.9 Å². The first-order chi connectivity index (χ1) is 8.06. The van der Waals surface area contributed by atoms with Crippen LogP contribution in [0.2, 0.25) is 5.02 Å². The average molecular weight is 272 g/mol. The summed E-state index contributed by atoms with van der Waals surface area (Å²) in [4.78, 5) is 0. The molecule has 0 aliphatic rings. The molecule has 2 aromatic heterocycles. The van der Waals surface area contributed by atoms with Gasteiger partial charge in [-0.1, -0.05) is 36.8 Å². The van der Waals surface area contributed by atoms with Crippen molar-refractivity contribution < 1.29 is 0 Å². The third-order valence-corrected chi connectivity index (χ3v) is 3.24. The van der Waals surface area contributed by atoms with Gasteiger partial charge in [-0.25, -0.2) is 0 Å².